The van der Waals surface area contributed by atoms with E-state index in [-0.39, 0.29) is 0 Å². The molecule has 0 aliphatic heterocycles. The highest BCUT2D eigenvalue weighted by Gasteiger charge is 1.94. The van der Waals surface area contributed by atoms with Crippen molar-refractivity contribution in [1.82, 2.24) is 9.97 Å². The Hall–Kier alpha value is -0.440. The smallest absolute Gasteiger partial charge is 0.115 e. The summed E-state index contributed by atoms with van der Waals surface area (Å²) in [5.41, 5.74) is 0.935. The molecule has 0 unspecified atom stereocenters. The van der Waals surface area contributed by atoms with Crippen LogP contribution >= 0.6 is 15.9 Å². The number of nitrogens with zero attached hydrogens (tertiary/aromatic N) is 2. The van der Waals surface area contributed by atoms with Crippen LogP contribution in [0.1, 0.15) is 12.6 Å². The van der Waals surface area contributed by atoms with Crippen LogP contribution in [0.5, 0.6) is 0 Å². The van der Waals surface area contributed by atoms with Gasteiger partial charge in [0.25, 0.3) is 0 Å². The summed E-state index contributed by atoms with van der Waals surface area (Å²) in [6.45, 7) is 1.94. The highest BCUT2D eigenvalue weighted by Crippen LogP contribution is 2.12. The minimum atomic E-state index is 0.935. The topological polar surface area (TPSA) is 25.8 Å². The van der Waals surface area contributed by atoms with Crippen molar-refractivity contribution in [2.45, 2.75) is 6.92 Å². The first-order valence-corrected chi connectivity index (χ1v) is 3.38. The van der Waals surface area contributed by atoms with Crippen LogP contribution in [0, 0.1) is 6.42 Å². The number of aromatic nitrogens is 2. The van der Waals surface area contributed by atoms with E-state index in [9.17, 15) is 0 Å². The Morgan fingerprint density at radius 3 is 2.89 bits per heavy atom. The van der Waals surface area contributed by atoms with Crippen molar-refractivity contribution in [3.63, 3.8) is 0 Å². The molecule has 0 bridgehead atoms. The lowest BCUT2D eigenvalue weighted by atomic mass is 10.3. The molecule has 9 heavy (non-hydrogen) atoms. The van der Waals surface area contributed by atoms with Crippen LogP contribution in [0.25, 0.3) is 0 Å². The minimum absolute atomic E-state index is 0.935. The van der Waals surface area contributed by atoms with Gasteiger partial charge >= 0.3 is 0 Å². The standard InChI is InChI=1S/C6H6BrN2/c1-2-6-5(7)3-8-4-9-6/h2-4H,1H3. The van der Waals surface area contributed by atoms with E-state index in [1.54, 1.807) is 6.20 Å². The molecule has 0 saturated carbocycles. The van der Waals surface area contributed by atoms with Gasteiger partial charge in [-0.25, -0.2) is 9.97 Å². The molecule has 0 aliphatic rings. The second-order valence-electron chi connectivity index (χ2n) is 1.54. The largest absolute Gasteiger partial charge is 0.244 e. The third kappa shape index (κ3) is 1.48. The van der Waals surface area contributed by atoms with Gasteiger partial charge in [-0.3, -0.25) is 0 Å². The summed E-state index contributed by atoms with van der Waals surface area (Å²) in [6.07, 6.45) is 5.17. The Morgan fingerprint density at radius 2 is 2.44 bits per heavy atom. The van der Waals surface area contributed by atoms with Crippen LogP contribution in [0.2, 0.25) is 0 Å². The average Bonchev–Trinajstić information content (AvgIpc) is 1.89. The molecule has 0 N–H and O–H groups in total. The fourth-order valence-corrected chi connectivity index (χ4v) is 0.984. The molecule has 0 atom stereocenters. The second kappa shape index (κ2) is 2.92. The first-order valence-electron chi connectivity index (χ1n) is 2.59. The lowest BCUT2D eigenvalue weighted by Gasteiger charge is -1.94. The maximum Gasteiger partial charge on any atom is 0.115 e. The fourth-order valence-electron chi connectivity index (χ4n) is 0.535. The van der Waals surface area contributed by atoms with Gasteiger partial charge in [0.15, 0.2) is 0 Å². The average molecular weight is 186 g/mol. The summed E-state index contributed by atoms with van der Waals surface area (Å²) in [4.78, 5) is 7.80. The summed E-state index contributed by atoms with van der Waals surface area (Å²) < 4.78 is 0.938. The second-order valence-corrected chi connectivity index (χ2v) is 2.40. The lowest BCUT2D eigenvalue weighted by Crippen LogP contribution is -1.86. The molecule has 1 heterocycles. The summed E-state index contributed by atoms with van der Waals surface area (Å²) in [5.74, 6) is 0. The minimum Gasteiger partial charge on any atom is -0.244 e. The van der Waals surface area contributed by atoms with Gasteiger partial charge in [0.1, 0.15) is 6.33 Å². The predicted octanol–water partition coefficient (Wildman–Crippen LogP) is 1.81. The molecule has 0 aromatic carbocycles. The molecule has 0 aliphatic carbocycles. The quantitative estimate of drug-likeness (QED) is 0.668. The van der Waals surface area contributed by atoms with Crippen LogP contribution in [-0.2, 0) is 0 Å². The molecule has 1 aromatic rings. The summed E-state index contributed by atoms with van der Waals surface area (Å²) in [5, 5.41) is 0. The van der Waals surface area contributed by atoms with E-state index in [0.29, 0.717) is 0 Å². The van der Waals surface area contributed by atoms with Gasteiger partial charge in [0.05, 0.1) is 10.2 Å². The lowest BCUT2D eigenvalue weighted by molar-refractivity contribution is 1.09. The summed E-state index contributed by atoms with van der Waals surface area (Å²) >= 11 is 3.30. The Balaban J connectivity index is 3.01. The molecule has 0 fully saturated rings. The van der Waals surface area contributed by atoms with Crippen molar-refractivity contribution in [1.29, 1.82) is 0 Å². The number of halogens is 1. The molecule has 0 saturated heterocycles. The van der Waals surface area contributed by atoms with Crippen LogP contribution in [0.15, 0.2) is 17.0 Å². The first-order chi connectivity index (χ1) is 4.34. The van der Waals surface area contributed by atoms with Crippen molar-refractivity contribution >= 4 is 15.9 Å². The maximum absolute atomic E-state index is 3.98. The van der Waals surface area contributed by atoms with Gasteiger partial charge in [-0.05, 0) is 15.9 Å². The highest BCUT2D eigenvalue weighted by atomic mass is 79.9. The Morgan fingerprint density at radius 1 is 1.67 bits per heavy atom. The Kier molecular flexibility index (Phi) is 2.16. The van der Waals surface area contributed by atoms with Crippen molar-refractivity contribution in [2.24, 2.45) is 0 Å². The third-order valence-electron chi connectivity index (χ3n) is 0.969. The van der Waals surface area contributed by atoms with Gasteiger partial charge < -0.3 is 0 Å². The molecule has 1 radical (unpaired) electrons. The normalized spacial score (nSPS) is 9.56. The zero-order chi connectivity index (χ0) is 6.69. The van der Waals surface area contributed by atoms with Crippen molar-refractivity contribution in [3.05, 3.63) is 29.1 Å². The number of hydrogen-bond donors (Lipinski definition) is 0. The van der Waals surface area contributed by atoms with Crippen molar-refractivity contribution in [3.8, 4) is 0 Å². The van der Waals surface area contributed by atoms with Crippen LogP contribution in [-0.4, -0.2) is 9.97 Å². The molecular formula is C6H6BrN2. The zero-order valence-electron chi connectivity index (χ0n) is 5.00. The summed E-state index contributed by atoms with van der Waals surface area (Å²) in [6, 6.07) is 0. The predicted molar refractivity (Wildman–Crippen MR) is 38.8 cm³/mol. The molecule has 3 heteroatoms. The van der Waals surface area contributed by atoms with E-state index in [1.165, 1.54) is 6.33 Å². The van der Waals surface area contributed by atoms with Gasteiger partial charge in [-0.2, -0.15) is 0 Å². The Labute approximate surface area is 62.5 Å². The van der Waals surface area contributed by atoms with Crippen LogP contribution in [0.4, 0.5) is 0 Å². The number of rotatable bonds is 1. The third-order valence-corrected chi connectivity index (χ3v) is 1.58. The molecule has 1 rings (SSSR count). The van der Waals surface area contributed by atoms with Crippen LogP contribution < -0.4 is 0 Å². The van der Waals surface area contributed by atoms with Gasteiger partial charge in [0, 0.05) is 12.6 Å². The SMILES string of the molecule is C[CH]c1ncncc1Br. The van der Waals surface area contributed by atoms with Gasteiger partial charge in [-0.1, -0.05) is 6.92 Å². The molecular weight excluding hydrogens is 180 g/mol. The van der Waals surface area contributed by atoms with Crippen molar-refractivity contribution < 1.29 is 0 Å². The van der Waals surface area contributed by atoms with E-state index in [1.807, 2.05) is 13.3 Å². The molecule has 0 amide bonds. The zero-order valence-corrected chi connectivity index (χ0v) is 6.59. The van der Waals surface area contributed by atoms with E-state index >= 15 is 0 Å². The number of hydrogen-bond acceptors (Lipinski definition) is 2. The molecule has 47 valence electrons. The fraction of sp³-hybridized carbons (Fsp3) is 0.167. The molecule has 2 nitrogen and oxygen atoms in total. The van der Waals surface area contributed by atoms with Gasteiger partial charge in [0.2, 0.25) is 0 Å². The van der Waals surface area contributed by atoms with Gasteiger partial charge in [-0.15, -0.1) is 0 Å². The molecule has 0 spiro atoms. The van der Waals surface area contributed by atoms with E-state index in [2.05, 4.69) is 25.9 Å². The van der Waals surface area contributed by atoms with Crippen LogP contribution in [0.3, 0.4) is 0 Å². The first kappa shape index (κ1) is 6.68. The maximum atomic E-state index is 3.98. The molecule has 1 aromatic heterocycles. The van der Waals surface area contributed by atoms with E-state index in [4.69, 9.17) is 0 Å². The van der Waals surface area contributed by atoms with E-state index in [0.717, 1.165) is 10.2 Å². The summed E-state index contributed by atoms with van der Waals surface area (Å²) in [7, 11) is 0. The van der Waals surface area contributed by atoms with E-state index < -0.39 is 0 Å². The monoisotopic (exact) mass is 185 g/mol. The Bertz CT molecular complexity index is 200. The highest BCUT2D eigenvalue weighted by molar-refractivity contribution is 9.10. The van der Waals surface area contributed by atoms with Crippen molar-refractivity contribution in [2.75, 3.05) is 0 Å².